The van der Waals surface area contributed by atoms with Crippen molar-refractivity contribution in [3.8, 4) is 11.5 Å². The molecule has 9 heteroatoms. The van der Waals surface area contributed by atoms with Crippen LogP contribution in [0.2, 0.25) is 10.0 Å². The minimum atomic E-state index is -0.441. The molecule has 0 atom stereocenters. The fourth-order valence-electron chi connectivity index (χ4n) is 2.63. The molecule has 0 aliphatic carbocycles. The summed E-state index contributed by atoms with van der Waals surface area (Å²) in [5.74, 6) is 0.656. The third kappa shape index (κ3) is 5.07. The van der Waals surface area contributed by atoms with Crippen LogP contribution in [0.5, 0.6) is 11.5 Å². The van der Waals surface area contributed by atoms with Crippen molar-refractivity contribution in [3.63, 3.8) is 0 Å². The highest BCUT2D eigenvalue weighted by molar-refractivity contribution is 6.35. The van der Waals surface area contributed by atoms with Crippen molar-refractivity contribution in [2.24, 2.45) is 5.10 Å². The van der Waals surface area contributed by atoms with Gasteiger partial charge in [-0.3, -0.25) is 9.48 Å². The summed E-state index contributed by atoms with van der Waals surface area (Å²) >= 11 is 12.1. The van der Waals surface area contributed by atoms with Crippen molar-refractivity contribution in [3.05, 3.63) is 75.5 Å². The summed E-state index contributed by atoms with van der Waals surface area (Å²) in [4.78, 5) is 12.3. The summed E-state index contributed by atoms with van der Waals surface area (Å²) in [6.45, 7) is 0.410. The van der Waals surface area contributed by atoms with E-state index in [0.29, 0.717) is 33.7 Å². The Labute approximate surface area is 177 Å². The molecule has 3 rings (SSSR count). The Morgan fingerprint density at radius 2 is 2.03 bits per heavy atom. The van der Waals surface area contributed by atoms with Crippen molar-refractivity contribution in [1.29, 1.82) is 0 Å². The van der Waals surface area contributed by atoms with Gasteiger partial charge in [-0.05, 0) is 35.9 Å². The number of hydrogen-bond acceptors (Lipinski definition) is 5. The molecule has 0 spiro atoms. The molecule has 1 heterocycles. The van der Waals surface area contributed by atoms with Gasteiger partial charge < -0.3 is 9.47 Å². The average Bonchev–Trinajstić information content (AvgIpc) is 3.18. The molecular weight excluding hydrogens is 415 g/mol. The number of ether oxygens (including phenoxy) is 2. The maximum atomic E-state index is 12.3. The van der Waals surface area contributed by atoms with Gasteiger partial charge in [0.25, 0.3) is 5.91 Å². The fourth-order valence-corrected chi connectivity index (χ4v) is 3.09. The van der Waals surface area contributed by atoms with Gasteiger partial charge >= 0.3 is 0 Å². The number of nitrogens with one attached hydrogen (secondary N) is 1. The smallest absolute Gasteiger partial charge is 0.291 e. The minimum Gasteiger partial charge on any atom is -0.493 e. The number of carbonyl (C=O) groups excluding carboxylic acids is 1. The number of hydrazone groups is 1. The van der Waals surface area contributed by atoms with Gasteiger partial charge in [0.2, 0.25) is 0 Å². The lowest BCUT2D eigenvalue weighted by Crippen LogP contribution is -2.18. The van der Waals surface area contributed by atoms with Gasteiger partial charge in [-0.15, -0.1) is 0 Å². The molecule has 1 aromatic heterocycles. The van der Waals surface area contributed by atoms with E-state index in [1.165, 1.54) is 13.3 Å². The zero-order valence-corrected chi connectivity index (χ0v) is 17.2. The normalized spacial score (nSPS) is 10.9. The second-order valence-corrected chi connectivity index (χ2v) is 6.76. The van der Waals surface area contributed by atoms with Crippen molar-refractivity contribution in [2.45, 2.75) is 6.54 Å². The minimum absolute atomic E-state index is 0.227. The van der Waals surface area contributed by atoms with Crippen LogP contribution in [0.15, 0.2) is 53.8 Å². The molecule has 2 aromatic carbocycles. The number of nitrogens with zero attached hydrogens (tertiary/aromatic N) is 3. The molecule has 0 saturated carbocycles. The predicted molar refractivity (Wildman–Crippen MR) is 112 cm³/mol. The highest BCUT2D eigenvalue weighted by Gasteiger charge is 2.11. The van der Waals surface area contributed by atoms with Crippen molar-refractivity contribution < 1.29 is 14.3 Å². The fraction of sp³-hybridized carbons (Fsp3) is 0.150. The van der Waals surface area contributed by atoms with Gasteiger partial charge in [-0.25, -0.2) is 5.43 Å². The molecule has 0 fully saturated rings. The number of para-hydroxylation sites is 1. The number of rotatable bonds is 7. The zero-order valence-electron chi connectivity index (χ0n) is 15.7. The number of benzene rings is 2. The largest absolute Gasteiger partial charge is 0.493 e. The number of carbonyl (C=O) groups is 1. The molecule has 0 saturated heterocycles. The SMILES string of the molecule is COc1cccc(C=NNC(=O)c2ccn(Cc3ccc(Cl)cc3Cl)n2)c1OC. The van der Waals surface area contributed by atoms with Crippen LogP contribution < -0.4 is 14.9 Å². The van der Waals surface area contributed by atoms with Gasteiger partial charge in [-0.1, -0.05) is 35.3 Å². The second-order valence-electron chi connectivity index (χ2n) is 5.92. The zero-order chi connectivity index (χ0) is 20.8. The maximum absolute atomic E-state index is 12.3. The molecule has 7 nitrogen and oxygen atoms in total. The van der Waals surface area contributed by atoms with Crippen LogP contribution in [-0.2, 0) is 6.54 Å². The topological polar surface area (TPSA) is 77.7 Å². The summed E-state index contributed by atoms with van der Waals surface area (Å²) < 4.78 is 12.2. The Morgan fingerprint density at radius 1 is 1.21 bits per heavy atom. The highest BCUT2D eigenvalue weighted by atomic mass is 35.5. The summed E-state index contributed by atoms with van der Waals surface area (Å²) in [5, 5.41) is 9.32. The Balaban J connectivity index is 1.66. The standard InChI is InChI=1S/C20H18Cl2N4O3/c1-28-18-5-3-4-13(19(18)29-2)11-23-24-20(27)17-8-9-26(25-17)12-14-6-7-15(21)10-16(14)22/h3-11H,12H2,1-2H3,(H,24,27). The summed E-state index contributed by atoms with van der Waals surface area (Å²) in [7, 11) is 3.08. The van der Waals surface area contributed by atoms with Crippen molar-refractivity contribution >= 4 is 35.3 Å². The van der Waals surface area contributed by atoms with Crippen molar-refractivity contribution in [1.82, 2.24) is 15.2 Å². The molecule has 150 valence electrons. The molecule has 3 aromatic rings. The van der Waals surface area contributed by atoms with E-state index < -0.39 is 5.91 Å². The molecule has 0 aliphatic rings. The number of aromatic nitrogens is 2. The number of methoxy groups -OCH3 is 2. The third-order valence-corrected chi connectivity index (χ3v) is 4.61. The van der Waals surface area contributed by atoms with E-state index >= 15 is 0 Å². The molecule has 29 heavy (non-hydrogen) atoms. The molecule has 1 amide bonds. The lowest BCUT2D eigenvalue weighted by atomic mass is 10.2. The van der Waals surface area contributed by atoms with E-state index in [1.807, 2.05) is 6.07 Å². The predicted octanol–water partition coefficient (Wildman–Crippen LogP) is 4.02. The van der Waals surface area contributed by atoms with E-state index in [1.54, 1.807) is 54.4 Å². The van der Waals surface area contributed by atoms with Gasteiger partial charge in [0, 0.05) is 21.8 Å². The number of amides is 1. The van der Waals surface area contributed by atoms with Crippen LogP contribution in [0.3, 0.4) is 0 Å². The van der Waals surface area contributed by atoms with E-state index in [4.69, 9.17) is 32.7 Å². The Kier molecular flexibility index (Phi) is 6.74. The van der Waals surface area contributed by atoms with Gasteiger partial charge in [0.05, 0.1) is 27.0 Å². The third-order valence-electron chi connectivity index (χ3n) is 4.02. The second kappa shape index (κ2) is 9.45. The molecule has 0 radical (unpaired) electrons. The van der Waals surface area contributed by atoms with Gasteiger partial charge in [0.1, 0.15) is 0 Å². The monoisotopic (exact) mass is 432 g/mol. The summed E-state index contributed by atoms with van der Waals surface area (Å²) in [6, 6.07) is 12.2. The van der Waals surface area contributed by atoms with Crippen LogP contribution in [0.25, 0.3) is 0 Å². The first-order valence-corrected chi connectivity index (χ1v) is 9.29. The first kappa shape index (κ1) is 20.7. The van der Waals surface area contributed by atoms with Crippen molar-refractivity contribution in [2.75, 3.05) is 14.2 Å². The molecule has 0 aliphatic heterocycles. The number of hydrogen-bond donors (Lipinski definition) is 1. The van der Waals surface area contributed by atoms with E-state index in [2.05, 4.69) is 15.6 Å². The van der Waals surface area contributed by atoms with E-state index in [0.717, 1.165) is 5.56 Å². The summed E-state index contributed by atoms with van der Waals surface area (Å²) in [6.07, 6.45) is 3.17. The Hall–Kier alpha value is -3.03. The first-order chi connectivity index (χ1) is 14.0. The molecule has 0 unspecified atom stereocenters. The first-order valence-electron chi connectivity index (χ1n) is 8.53. The molecule has 0 bridgehead atoms. The molecular formula is C20H18Cl2N4O3. The quantitative estimate of drug-likeness (QED) is 0.451. The van der Waals surface area contributed by atoms with Gasteiger partial charge in [0.15, 0.2) is 17.2 Å². The molecule has 1 N–H and O–H groups in total. The highest BCUT2D eigenvalue weighted by Crippen LogP contribution is 2.29. The van der Waals surface area contributed by atoms with Crippen LogP contribution in [0.1, 0.15) is 21.6 Å². The lowest BCUT2D eigenvalue weighted by Gasteiger charge is -2.09. The van der Waals surface area contributed by atoms with Gasteiger partial charge in [-0.2, -0.15) is 10.2 Å². The van der Waals surface area contributed by atoms with Crippen LogP contribution >= 0.6 is 23.2 Å². The lowest BCUT2D eigenvalue weighted by molar-refractivity contribution is 0.0949. The van der Waals surface area contributed by atoms with Crippen LogP contribution in [0, 0.1) is 0 Å². The van der Waals surface area contributed by atoms with E-state index in [-0.39, 0.29) is 5.69 Å². The Bertz CT molecular complexity index is 1050. The Morgan fingerprint density at radius 3 is 2.76 bits per heavy atom. The summed E-state index contributed by atoms with van der Waals surface area (Å²) in [5.41, 5.74) is 4.18. The maximum Gasteiger partial charge on any atom is 0.291 e. The number of halogens is 2. The van der Waals surface area contributed by atoms with E-state index in [9.17, 15) is 4.79 Å². The average molecular weight is 433 g/mol. The van der Waals surface area contributed by atoms with Crippen LogP contribution in [0.4, 0.5) is 0 Å². The van der Waals surface area contributed by atoms with Crippen LogP contribution in [-0.4, -0.2) is 36.1 Å².